The Kier molecular flexibility index (Phi) is 1.20. The number of hydrogen-bond acceptors (Lipinski definition) is 0. The van der Waals surface area contributed by atoms with Crippen molar-refractivity contribution in [3.05, 3.63) is 35.1 Å². The molecule has 1 aromatic rings. The summed E-state index contributed by atoms with van der Waals surface area (Å²) in [5.74, 6) is -0.326. The summed E-state index contributed by atoms with van der Waals surface area (Å²) in [6.45, 7) is 3.62. The maximum Gasteiger partial charge on any atom is 0.123 e. The number of hydrogen-bond donors (Lipinski definition) is 0. The van der Waals surface area contributed by atoms with Gasteiger partial charge in [-0.2, -0.15) is 0 Å². The van der Waals surface area contributed by atoms with Crippen molar-refractivity contribution in [2.45, 2.75) is 13.8 Å². The van der Waals surface area contributed by atoms with Crippen molar-refractivity contribution in [1.82, 2.24) is 0 Å². The zero-order chi connectivity index (χ0) is 7.72. The second kappa shape index (κ2) is 2.18. The highest BCUT2D eigenvalue weighted by molar-refractivity contribution is 5.24. The Hall–Kier alpha value is -0.850. The van der Waals surface area contributed by atoms with Gasteiger partial charge in [-0.3, -0.25) is 0 Å². The molecule has 0 bridgehead atoms. The first kappa shape index (κ1) is 4.98. The fourth-order valence-electron chi connectivity index (χ4n) is 0.648. The molecule has 0 aromatic heterocycles. The lowest BCUT2D eigenvalue weighted by atomic mass is 10.1. The molecule has 48 valence electrons. The van der Waals surface area contributed by atoms with E-state index in [1.165, 1.54) is 12.1 Å². The second-order valence-electron chi connectivity index (χ2n) is 2.13. The van der Waals surface area contributed by atoms with Crippen LogP contribution in [0.5, 0.6) is 0 Å². The molecule has 9 heavy (non-hydrogen) atoms. The zero-order valence-corrected chi connectivity index (χ0v) is 5.53. The van der Waals surface area contributed by atoms with Crippen LogP contribution in [0.1, 0.15) is 12.5 Å². The van der Waals surface area contributed by atoms with Crippen LogP contribution >= 0.6 is 0 Å². The molecule has 0 heterocycles. The maximum absolute atomic E-state index is 12.5. The Morgan fingerprint density at radius 3 is 2.67 bits per heavy atom. The molecule has 0 spiro atoms. The van der Waals surface area contributed by atoms with E-state index in [0.717, 1.165) is 11.1 Å². The van der Waals surface area contributed by atoms with E-state index >= 15 is 0 Å². The minimum absolute atomic E-state index is 0.275. The lowest BCUT2D eigenvalue weighted by Gasteiger charge is -1.96. The van der Waals surface area contributed by atoms with E-state index in [0.29, 0.717) is 0 Å². The molecule has 0 nitrogen and oxygen atoms in total. The van der Waals surface area contributed by atoms with Crippen molar-refractivity contribution < 1.29 is 5.76 Å². The van der Waals surface area contributed by atoms with Gasteiger partial charge in [0.25, 0.3) is 0 Å². The Balaban J connectivity index is 3.31. The number of benzene rings is 1. The largest absolute Gasteiger partial charge is 0.207 e. The fourth-order valence-corrected chi connectivity index (χ4v) is 0.648. The molecule has 0 aliphatic heterocycles. The van der Waals surface area contributed by atoms with Gasteiger partial charge in [0.2, 0.25) is 0 Å². The van der Waals surface area contributed by atoms with Crippen LogP contribution in [0.25, 0.3) is 0 Å². The average Bonchev–Trinajstić information content (AvgIpc) is 1.82. The van der Waals surface area contributed by atoms with Gasteiger partial charge in [0.1, 0.15) is 5.82 Å². The van der Waals surface area contributed by atoms with E-state index in [2.05, 4.69) is 0 Å². The zero-order valence-electron chi connectivity index (χ0n) is 6.53. The van der Waals surface area contributed by atoms with E-state index in [1.54, 1.807) is 6.92 Å². The molecule has 0 fully saturated rings. The third-order valence-corrected chi connectivity index (χ3v) is 1.37. The monoisotopic (exact) mass is 125 g/mol. The Morgan fingerprint density at radius 2 is 2.11 bits per heavy atom. The van der Waals surface area contributed by atoms with Crippen molar-refractivity contribution in [3.8, 4) is 0 Å². The van der Waals surface area contributed by atoms with Crippen LogP contribution in [0.15, 0.2) is 18.2 Å². The van der Waals surface area contributed by atoms with Crippen molar-refractivity contribution in [2.75, 3.05) is 0 Å². The van der Waals surface area contributed by atoms with Gasteiger partial charge in [0, 0.05) is 0 Å². The topological polar surface area (TPSA) is 0 Å². The fraction of sp³-hybridized carbons (Fsp3) is 0.250. The van der Waals surface area contributed by atoms with Crippen molar-refractivity contribution in [3.63, 3.8) is 0 Å². The van der Waals surface area contributed by atoms with Crippen LogP contribution < -0.4 is 0 Å². The van der Waals surface area contributed by atoms with Gasteiger partial charge in [-0.05, 0) is 37.1 Å². The first-order valence-corrected chi connectivity index (χ1v) is 2.84. The van der Waals surface area contributed by atoms with E-state index in [-0.39, 0.29) is 11.9 Å². The van der Waals surface area contributed by atoms with E-state index < -0.39 is 0 Å². The lowest BCUT2D eigenvalue weighted by molar-refractivity contribution is 0.626. The van der Waals surface area contributed by atoms with Crippen LogP contribution in [-0.4, -0.2) is 0 Å². The third-order valence-electron chi connectivity index (χ3n) is 1.37. The average molecular weight is 125 g/mol. The van der Waals surface area contributed by atoms with Crippen LogP contribution in [-0.2, 0) is 0 Å². The van der Waals surface area contributed by atoms with Gasteiger partial charge >= 0.3 is 0 Å². The molecule has 0 aliphatic carbocycles. The van der Waals surface area contributed by atoms with Crippen molar-refractivity contribution in [1.29, 1.82) is 0 Å². The molecular formula is C8H9F. The molecule has 1 aromatic carbocycles. The Labute approximate surface area is 55.7 Å². The third kappa shape index (κ3) is 1.28. The summed E-state index contributed by atoms with van der Waals surface area (Å²) >= 11 is 0. The summed E-state index contributed by atoms with van der Waals surface area (Å²) in [5, 5.41) is 0. The summed E-state index contributed by atoms with van der Waals surface area (Å²) in [6.07, 6.45) is 0. The van der Waals surface area contributed by atoms with Gasteiger partial charge in [-0.1, -0.05) is 6.04 Å². The van der Waals surface area contributed by atoms with E-state index in [1.807, 2.05) is 6.92 Å². The van der Waals surface area contributed by atoms with Crippen molar-refractivity contribution in [2.24, 2.45) is 0 Å². The molecule has 0 saturated carbocycles. The first-order chi connectivity index (χ1) is 4.61. The number of rotatable bonds is 0. The molecule has 0 N–H and O–H groups in total. The van der Waals surface area contributed by atoms with Crippen LogP contribution in [0.4, 0.5) is 4.39 Å². The second-order valence-corrected chi connectivity index (χ2v) is 2.13. The minimum Gasteiger partial charge on any atom is -0.207 e. The van der Waals surface area contributed by atoms with Gasteiger partial charge in [0.05, 0.1) is 1.37 Å². The molecule has 0 radical (unpaired) electrons. The molecule has 0 atom stereocenters. The molecule has 1 heteroatoms. The lowest BCUT2D eigenvalue weighted by Crippen LogP contribution is -1.80. The van der Waals surface area contributed by atoms with Gasteiger partial charge in [-0.15, -0.1) is 0 Å². The molecule has 0 unspecified atom stereocenters. The highest BCUT2D eigenvalue weighted by Gasteiger charge is 1.91. The van der Waals surface area contributed by atoms with E-state index in [9.17, 15) is 4.39 Å². The maximum atomic E-state index is 12.5. The summed E-state index contributed by atoms with van der Waals surface area (Å²) in [7, 11) is 0. The summed E-state index contributed by atoms with van der Waals surface area (Å²) in [5.41, 5.74) is 1.69. The molecular weight excluding hydrogens is 115 g/mol. The van der Waals surface area contributed by atoms with Crippen LogP contribution in [0.3, 0.4) is 0 Å². The molecule has 1 rings (SSSR count). The smallest absolute Gasteiger partial charge is 0.123 e. The van der Waals surface area contributed by atoms with Gasteiger partial charge in [0.15, 0.2) is 0 Å². The Morgan fingerprint density at radius 1 is 1.44 bits per heavy atom. The molecule has 0 aliphatic rings. The minimum atomic E-state index is -0.326. The highest BCUT2D eigenvalue weighted by Crippen LogP contribution is 2.07. The standard InChI is InChI=1S/C8H9F/c1-6-3-4-8(9)5-7(6)2/h3-5H,1-2H3/i3D. The number of aryl methyl sites for hydroxylation is 1. The first-order valence-electron chi connectivity index (χ1n) is 3.34. The summed E-state index contributed by atoms with van der Waals surface area (Å²) in [6, 6.07) is 2.94. The van der Waals surface area contributed by atoms with Gasteiger partial charge < -0.3 is 0 Å². The van der Waals surface area contributed by atoms with Crippen LogP contribution in [0, 0.1) is 19.7 Å². The van der Waals surface area contributed by atoms with E-state index in [4.69, 9.17) is 1.37 Å². The molecule has 0 saturated heterocycles. The quantitative estimate of drug-likeness (QED) is 0.499. The summed E-state index contributed by atoms with van der Waals surface area (Å²) in [4.78, 5) is 0. The predicted octanol–water partition coefficient (Wildman–Crippen LogP) is 2.44. The van der Waals surface area contributed by atoms with Gasteiger partial charge in [-0.25, -0.2) is 4.39 Å². The summed E-state index contributed by atoms with van der Waals surface area (Å²) < 4.78 is 19.7. The van der Waals surface area contributed by atoms with Crippen LogP contribution in [0.2, 0.25) is 0 Å². The highest BCUT2D eigenvalue weighted by atomic mass is 19.1. The molecule has 0 amide bonds. The Bertz CT molecular complexity index is 232. The number of halogens is 1. The predicted molar refractivity (Wildman–Crippen MR) is 35.9 cm³/mol. The SMILES string of the molecule is [2H]c1cc(F)cc(C)c1C. The normalized spacial score (nSPS) is 11.2. The van der Waals surface area contributed by atoms with Crippen molar-refractivity contribution >= 4 is 0 Å².